The highest BCUT2D eigenvalue weighted by Gasteiger charge is 2.21. The quantitative estimate of drug-likeness (QED) is 0.326. The van der Waals surface area contributed by atoms with Crippen molar-refractivity contribution in [3.8, 4) is 22.4 Å². The second-order valence-corrected chi connectivity index (χ2v) is 9.65. The van der Waals surface area contributed by atoms with Crippen molar-refractivity contribution in [2.75, 3.05) is 0 Å². The molecule has 0 aliphatic heterocycles. The Morgan fingerprint density at radius 1 is 0.750 bits per heavy atom. The lowest BCUT2D eigenvalue weighted by Gasteiger charge is -2.16. The minimum absolute atomic E-state index is 0.388. The molecule has 160 valence electrons. The number of rotatable bonds is 3. The van der Waals surface area contributed by atoms with Crippen molar-refractivity contribution in [1.29, 1.82) is 0 Å². The average molecular weight is 421 g/mol. The maximum absolute atomic E-state index is 4.91. The summed E-state index contributed by atoms with van der Waals surface area (Å²) in [5.74, 6) is 2.94. The first-order valence-electron chi connectivity index (χ1n) is 11.6. The van der Waals surface area contributed by atoms with Crippen LogP contribution in [0.3, 0.4) is 0 Å². The Hall–Kier alpha value is -3.40. The lowest BCUT2D eigenvalue weighted by atomic mass is 9.89. The molecule has 2 N–H and O–H groups in total. The van der Waals surface area contributed by atoms with Crippen molar-refractivity contribution in [2.45, 2.75) is 52.4 Å². The van der Waals surface area contributed by atoms with Gasteiger partial charge in [0.25, 0.3) is 0 Å². The van der Waals surface area contributed by atoms with E-state index in [1.165, 1.54) is 38.7 Å². The van der Waals surface area contributed by atoms with E-state index >= 15 is 0 Å². The number of nitrogens with zero attached hydrogens (tertiary/aromatic N) is 2. The number of aromatic amines is 2. The number of hydrogen-bond acceptors (Lipinski definition) is 2. The summed E-state index contributed by atoms with van der Waals surface area (Å²) in [5, 5.41) is 2.43. The molecule has 0 spiro atoms. The van der Waals surface area contributed by atoms with E-state index in [1.807, 2.05) is 0 Å². The Labute approximate surface area is 188 Å². The summed E-state index contributed by atoms with van der Waals surface area (Å²) in [4.78, 5) is 16.8. The van der Waals surface area contributed by atoms with Gasteiger partial charge in [0, 0.05) is 28.5 Å². The predicted octanol–water partition coefficient (Wildman–Crippen LogP) is 7.12. The molecule has 2 heterocycles. The Bertz CT molecular complexity index is 1480. The molecule has 32 heavy (non-hydrogen) atoms. The molecule has 1 aliphatic rings. The van der Waals surface area contributed by atoms with Crippen LogP contribution in [-0.2, 0) is 12.8 Å². The SMILES string of the molecule is CC(C)c1nc2c([nH]1)CCc1cc(-c3ccc4c(ccc5[nH]c(C(C)C)nc54)c3)ccc1-2. The largest absolute Gasteiger partial charge is 0.345 e. The van der Waals surface area contributed by atoms with Gasteiger partial charge in [-0.05, 0) is 47.1 Å². The fourth-order valence-corrected chi connectivity index (χ4v) is 4.85. The smallest absolute Gasteiger partial charge is 0.109 e. The first-order valence-corrected chi connectivity index (χ1v) is 11.6. The molecule has 4 heteroatoms. The molecule has 1 aliphatic carbocycles. The first-order chi connectivity index (χ1) is 15.5. The van der Waals surface area contributed by atoms with Gasteiger partial charge in [-0.1, -0.05) is 64.1 Å². The Kier molecular flexibility index (Phi) is 4.26. The third kappa shape index (κ3) is 2.97. The summed E-state index contributed by atoms with van der Waals surface area (Å²) >= 11 is 0. The highest BCUT2D eigenvalue weighted by atomic mass is 14.9. The van der Waals surface area contributed by atoms with E-state index in [9.17, 15) is 0 Å². The molecular weight excluding hydrogens is 392 g/mol. The maximum Gasteiger partial charge on any atom is 0.109 e. The van der Waals surface area contributed by atoms with Crippen molar-refractivity contribution >= 4 is 21.8 Å². The molecule has 2 aromatic heterocycles. The predicted molar refractivity (Wildman–Crippen MR) is 132 cm³/mol. The van der Waals surface area contributed by atoms with Crippen LogP contribution in [0.25, 0.3) is 44.2 Å². The van der Waals surface area contributed by atoms with Gasteiger partial charge >= 0.3 is 0 Å². The summed E-state index contributed by atoms with van der Waals surface area (Å²) < 4.78 is 0. The number of hydrogen-bond donors (Lipinski definition) is 2. The van der Waals surface area contributed by atoms with E-state index in [-0.39, 0.29) is 0 Å². The van der Waals surface area contributed by atoms with E-state index in [0.717, 1.165) is 41.2 Å². The molecule has 0 fully saturated rings. The molecule has 0 radical (unpaired) electrons. The van der Waals surface area contributed by atoms with Gasteiger partial charge < -0.3 is 9.97 Å². The molecule has 0 saturated heterocycles. The van der Waals surface area contributed by atoms with E-state index in [1.54, 1.807) is 0 Å². The number of H-pyrrole nitrogens is 2. The van der Waals surface area contributed by atoms with Gasteiger partial charge in [0.15, 0.2) is 0 Å². The number of aryl methyl sites for hydroxylation is 2. The summed E-state index contributed by atoms with van der Waals surface area (Å²) in [5.41, 5.74) is 9.77. The summed E-state index contributed by atoms with van der Waals surface area (Å²) in [6, 6.07) is 17.9. The average Bonchev–Trinajstić information content (AvgIpc) is 3.43. The molecule has 0 unspecified atom stereocenters. The standard InChI is InChI=1S/C28H28N4/c1-15(2)27-29-23-11-7-19-13-17(5-9-21(19)25(23)31-27)18-6-10-22-20(14-18)8-12-24-26(22)32-28(30-24)16(3)4/h5-7,9-11,13-16H,8,12H2,1-4H3,(H,29,31)(H,30,32). The maximum atomic E-state index is 4.91. The third-order valence-corrected chi connectivity index (χ3v) is 6.72. The van der Waals surface area contributed by atoms with E-state index in [4.69, 9.17) is 9.97 Å². The van der Waals surface area contributed by atoms with E-state index < -0.39 is 0 Å². The number of nitrogens with one attached hydrogen (secondary N) is 2. The normalized spacial score (nSPS) is 13.3. The van der Waals surface area contributed by atoms with Gasteiger partial charge in [0.2, 0.25) is 0 Å². The number of benzene rings is 3. The molecule has 0 atom stereocenters. The van der Waals surface area contributed by atoms with E-state index in [0.29, 0.717) is 11.8 Å². The number of aromatic nitrogens is 4. The Morgan fingerprint density at radius 2 is 1.50 bits per heavy atom. The third-order valence-electron chi connectivity index (χ3n) is 6.72. The van der Waals surface area contributed by atoms with Crippen LogP contribution in [0.2, 0.25) is 0 Å². The molecule has 0 saturated carbocycles. The zero-order valence-electron chi connectivity index (χ0n) is 19.1. The lowest BCUT2D eigenvalue weighted by Crippen LogP contribution is -2.03. The van der Waals surface area contributed by atoms with Gasteiger partial charge in [-0.2, -0.15) is 0 Å². The summed E-state index contributed by atoms with van der Waals surface area (Å²) in [6.45, 7) is 8.72. The number of fused-ring (bicyclic) bond motifs is 6. The zero-order valence-corrected chi connectivity index (χ0v) is 19.1. The van der Waals surface area contributed by atoms with Crippen LogP contribution in [0.4, 0.5) is 0 Å². The number of imidazole rings is 2. The minimum atomic E-state index is 0.388. The van der Waals surface area contributed by atoms with Crippen molar-refractivity contribution in [3.05, 3.63) is 71.4 Å². The Morgan fingerprint density at radius 3 is 2.31 bits per heavy atom. The fourth-order valence-electron chi connectivity index (χ4n) is 4.85. The summed E-state index contributed by atoms with van der Waals surface area (Å²) in [7, 11) is 0. The molecule has 6 rings (SSSR count). The lowest BCUT2D eigenvalue weighted by molar-refractivity contribution is 0.787. The van der Waals surface area contributed by atoms with Crippen molar-refractivity contribution in [2.24, 2.45) is 0 Å². The van der Waals surface area contributed by atoms with Crippen LogP contribution >= 0.6 is 0 Å². The van der Waals surface area contributed by atoms with Crippen molar-refractivity contribution < 1.29 is 0 Å². The van der Waals surface area contributed by atoms with Gasteiger partial charge in [-0.15, -0.1) is 0 Å². The van der Waals surface area contributed by atoms with Crippen LogP contribution in [0.5, 0.6) is 0 Å². The van der Waals surface area contributed by atoms with E-state index in [2.05, 4.69) is 86.2 Å². The van der Waals surface area contributed by atoms with Crippen LogP contribution in [0.15, 0.2) is 48.5 Å². The van der Waals surface area contributed by atoms with Gasteiger partial charge in [-0.25, -0.2) is 9.97 Å². The van der Waals surface area contributed by atoms with Gasteiger partial charge in [-0.3, -0.25) is 0 Å². The zero-order chi connectivity index (χ0) is 22.0. The molecule has 0 bridgehead atoms. The molecule has 3 aromatic carbocycles. The Balaban J connectivity index is 1.42. The molecular formula is C28H28N4. The van der Waals surface area contributed by atoms with Crippen molar-refractivity contribution in [1.82, 2.24) is 19.9 Å². The molecule has 4 nitrogen and oxygen atoms in total. The summed E-state index contributed by atoms with van der Waals surface area (Å²) in [6.07, 6.45) is 2.08. The van der Waals surface area contributed by atoms with Crippen LogP contribution in [0.1, 0.15) is 62.4 Å². The highest BCUT2D eigenvalue weighted by Crippen LogP contribution is 2.36. The second kappa shape index (κ2) is 7.06. The topological polar surface area (TPSA) is 57.4 Å². The molecule has 5 aromatic rings. The van der Waals surface area contributed by atoms with Gasteiger partial charge in [0.1, 0.15) is 11.6 Å². The fraction of sp³-hybridized carbons (Fsp3) is 0.286. The van der Waals surface area contributed by atoms with Gasteiger partial charge in [0.05, 0.1) is 16.7 Å². The second-order valence-electron chi connectivity index (χ2n) is 9.65. The molecule has 0 amide bonds. The van der Waals surface area contributed by atoms with Crippen LogP contribution in [-0.4, -0.2) is 19.9 Å². The van der Waals surface area contributed by atoms with Crippen LogP contribution < -0.4 is 0 Å². The van der Waals surface area contributed by atoms with Crippen LogP contribution in [0, 0.1) is 0 Å². The monoisotopic (exact) mass is 420 g/mol. The first kappa shape index (κ1) is 19.3. The minimum Gasteiger partial charge on any atom is -0.345 e. The highest BCUT2D eigenvalue weighted by molar-refractivity contribution is 6.05. The van der Waals surface area contributed by atoms with Crippen molar-refractivity contribution in [3.63, 3.8) is 0 Å².